The first-order chi connectivity index (χ1) is 10.1. The summed E-state index contributed by atoms with van der Waals surface area (Å²) in [5.41, 5.74) is 1.11. The van der Waals surface area contributed by atoms with E-state index in [4.69, 9.17) is 5.11 Å². The number of nitrogens with one attached hydrogen (secondary N) is 1. The van der Waals surface area contributed by atoms with Crippen LogP contribution in [-0.4, -0.2) is 52.4 Å². The molecular formula is C14H22N2O4S. The van der Waals surface area contributed by atoms with Crippen molar-refractivity contribution in [1.82, 2.24) is 10.2 Å². The maximum Gasteiger partial charge on any atom is 0.326 e. The highest BCUT2D eigenvalue weighted by Crippen LogP contribution is 2.22. The molecule has 1 unspecified atom stereocenters. The van der Waals surface area contributed by atoms with Crippen LogP contribution in [0.15, 0.2) is 11.8 Å². The first-order valence-corrected chi connectivity index (χ1v) is 8.25. The van der Waals surface area contributed by atoms with E-state index in [1.165, 1.54) is 11.8 Å². The smallest absolute Gasteiger partial charge is 0.326 e. The third kappa shape index (κ3) is 5.79. The fraction of sp³-hybridized carbons (Fsp3) is 0.643. The SMILES string of the molecule is CCN(C(=O)CSCCC(NC=O)C(=O)O)C1=CCCC1. The lowest BCUT2D eigenvalue weighted by atomic mass is 10.2. The largest absolute Gasteiger partial charge is 0.480 e. The molecule has 7 heteroatoms. The first-order valence-electron chi connectivity index (χ1n) is 7.09. The van der Waals surface area contributed by atoms with Crippen LogP contribution in [0.3, 0.4) is 0 Å². The number of hydrogen-bond acceptors (Lipinski definition) is 4. The monoisotopic (exact) mass is 314 g/mol. The van der Waals surface area contributed by atoms with Crippen molar-refractivity contribution in [2.75, 3.05) is 18.1 Å². The number of nitrogens with zero attached hydrogens (tertiary/aromatic N) is 1. The average Bonchev–Trinajstić information content (AvgIpc) is 2.96. The van der Waals surface area contributed by atoms with E-state index in [2.05, 4.69) is 11.4 Å². The Balaban J connectivity index is 2.31. The van der Waals surface area contributed by atoms with Gasteiger partial charge in [-0.25, -0.2) is 4.79 Å². The summed E-state index contributed by atoms with van der Waals surface area (Å²) in [6.07, 6.45) is 5.89. The van der Waals surface area contributed by atoms with E-state index >= 15 is 0 Å². The second kappa shape index (κ2) is 9.44. The standard InChI is InChI=1S/C14H22N2O4S/c1-2-16(11-5-3-4-6-11)13(18)9-21-8-7-12(14(19)20)15-10-17/h5,10,12H,2-4,6-9H2,1H3,(H,15,17)(H,19,20). The van der Waals surface area contributed by atoms with Crippen LogP contribution in [0.4, 0.5) is 0 Å². The van der Waals surface area contributed by atoms with Crippen molar-refractivity contribution in [3.8, 4) is 0 Å². The molecule has 0 aromatic rings. The molecule has 21 heavy (non-hydrogen) atoms. The minimum atomic E-state index is -1.06. The molecule has 0 heterocycles. The van der Waals surface area contributed by atoms with E-state index in [1.54, 1.807) is 4.90 Å². The summed E-state index contributed by atoms with van der Waals surface area (Å²) in [6.45, 7) is 2.62. The fourth-order valence-corrected chi connectivity index (χ4v) is 3.11. The Morgan fingerprint density at radius 3 is 2.86 bits per heavy atom. The predicted molar refractivity (Wildman–Crippen MR) is 81.9 cm³/mol. The third-order valence-corrected chi connectivity index (χ3v) is 4.30. The van der Waals surface area contributed by atoms with Gasteiger partial charge in [-0.3, -0.25) is 9.59 Å². The molecule has 0 bridgehead atoms. The van der Waals surface area contributed by atoms with Crippen LogP contribution in [-0.2, 0) is 14.4 Å². The molecule has 0 aromatic heterocycles. The fourth-order valence-electron chi connectivity index (χ4n) is 2.24. The summed E-state index contributed by atoms with van der Waals surface area (Å²) in [5, 5.41) is 11.1. The van der Waals surface area contributed by atoms with Gasteiger partial charge >= 0.3 is 5.97 Å². The minimum absolute atomic E-state index is 0.0610. The number of carbonyl (C=O) groups excluding carboxylic acids is 2. The number of aliphatic carboxylic acids is 1. The molecular weight excluding hydrogens is 292 g/mol. The molecule has 6 nitrogen and oxygen atoms in total. The molecule has 0 radical (unpaired) electrons. The zero-order valence-corrected chi connectivity index (χ0v) is 13.0. The number of carboxylic acid groups (broad SMARTS) is 1. The predicted octanol–water partition coefficient (Wildman–Crippen LogP) is 1.23. The van der Waals surface area contributed by atoms with Gasteiger partial charge in [-0.05, 0) is 38.4 Å². The number of rotatable bonds is 10. The topological polar surface area (TPSA) is 86.7 Å². The van der Waals surface area contributed by atoms with Crippen molar-refractivity contribution in [2.45, 2.75) is 38.6 Å². The molecule has 118 valence electrons. The van der Waals surface area contributed by atoms with Crippen LogP contribution in [0.5, 0.6) is 0 Å². The van der Waals surface area contributed by atoms with Gasteiger partial charge in [0, 0.05) is 12.2 Å². The van der Waals surface area contributed by atoms with Crippen LogP contribution >= 0.6 is 11.8 Å². The summed E-state index contributed by atoms with van der Waals surface area (Å²) < 4.78 is 0. The van der Waals surface area contributed by atoms with E-state index in [0.717, 1.165) is 25.0 Å². The van der Waals surface area contributed by atoms with Gasteiger partial charge in [0.15, 0.2) is 0 Å². The van der Waals surface area contributed by atoms with Crippen molar-refractivity contribution in [3.63, 3.8) is 0 Å². The molecule has 0 saturated heterocycles. The molecule has 0 saturated carbocycles. The highest BCUT2D eigenvalue weighted by Gasteiger charge is 2.19. The average molecular weight is 314 g/mol. The number of carbonyl (C=O) groups is 3. The minimum Gasteiger partial charge on any atom is -0.480 e. The molecule has 0 aromatic carbocycles. The van der Waals surface area contributed by atoms with Crippen molar-refractivity contribution >= 4 is 30.0 Å². The van der Waals surface area contributed by atoms with Crippen molar-refractivity contribution < 1.29 is 19.5 Å². The number of thioether (sulfide) groups is 1. The number of carboxylic acids is 1. The zero-order valence-electron chi connectivity index (χ0n) is 12.2. The highest BCUT2D eigenvalue weighted by atomic mass is 32.2. The Kier molecular flexibility index (Phi) is 7.89. The Labute approximate surface area is 128 Å². The first kappa shape index (κ1) is 17.6. The summed E-state index contributed by atoms with van der Waals surface area (Å²) in [5.74, 6) is -0.148. The molecule has 0 aliphatic heterocycles. The Morgan fingerprint density at radius 1 is 1.57 bits per heavy atom. The third-order valence-electron chi connectivity index (χ3n) is 3.32. The summed E-state index contributed by atoms with van der Waals surface area (Å²) in [6, 6.07) is -0.884. The van der Waals surface area contributed by atoms with Gasteiger partial charge in [0.2, 0.25) is 12.3 Å². The quantitative estimate of drug-likeness (QED) is 0.468. The van der Waals surface area contributed by atoms with E-state index in [9.17, 15) is 14.4 Å². The van der Waals surface area contributed by atoms with E-state index in [0.29, 0.717) is 30.9 Å². The van der Waals surface area contributed by atoms with E-state index in [1.807, 2.05) is 6.92 Å². The lowest BCUT2D eigenvalue weighted by molar-refractivity contribution is -0.140. The van der Waals surface area contributed by atoms with Crippen LogP contribution in [0, 0.1) is 0 Å². The molecule has 1 atom stereocenters. The van der Waals surface area contributed by atoms with E-state index in [-0.39, 0.29) is 5.91 Å². The van der Waals surface area contributed by atoms with Gasteiger partial charge in [-0.1, -0.05) is 6.08 Å². The summed E-state index contributed by atoms with van der Waals surface area (Å²) in [4.78, 5) is 35.1. The molecule has 1 aliphatic carbocycles. The highest BCUT2D eigenvalue weighted by molar-refractivity contribution is 7.99. The van der Waals surface area contributed by atoms with Crippen molar-refractivity contribution in [3.05, 3.63) is 11.8 Å². The molecule has 2 amide bonds. The van der Waals surface area contributed by atoms with Gasteiger partial charge in [0.1, 0.15) is 6.04 Å². The Morgan fingerprint density at radius 2 is 2.33 bits per heavy atom. The number of allylic oxidation sites excluding steroid dienone is 2. The van der Waals surface area contributed by atoms with Gasteiger partial charge < -0.3 is 15.3 Å². The molecule has 1 aliphatic rings. The lowest BCUT2D eigenvalue weighted by Gasteiger charge is -2.22. The van der Waals surface area contributed by atoms with Crippen LogP contribution < -0.4 is 5.32 Å². The van der Waals surface area contributed by atoms with Crippen LogP contribution in [0.2, 0.25) is 0 Å². The maximum absolute atomic E-state index is 12.1. The van der Waals surface area contributed by atoms with E-state index < -0.39 is 12.0 Å². The second-order valence-corrected chi connectivity index (χ2v) is 5.85. The summed E-state index contributed by atoms with van der Waals surface area (Å²) in [7, 11) is 0. The maximum atomic E-state index is 12.1. The lowest BCUT2D eigenvalue weighted by Crippen LogP contribution is -2.36. The van der Waals surface area contributed by atoms with Crippen LogP contribution in [0.1, 0.15) is 32.6 Å². The Hall–Kier alpha value is -1.50. The molecule has 0 fully saturated rings. The zero-order chi connectivity index (χ0) is 15.7. The molecule has 0 spiro atoms. The van der Waals surface area contributed by atoms with Gasteiger partial charge in [-0.2, -0.15) is 11.8 Å². The molecule has 1 rings (SSSR count). The van der Waals surface area contributed by atoms with Crippen molar-refractivity contribution in [2.24, 2.45) is 0 Å². The normalized spacial score (nSPS) is 15.2. The van der Waals surface area contributed by atoms with Gasteiger partial charge in [0.05, 0.1) is 5.75 Å². The number of hydrogen-bond donors (Lipinski definition) is 2. The Bertz CT molecular complexity index is 412. The summed E-state index contributed by atoms with van der Waals surface area (Å²) >= 11 is 1.40. The second-order valence-electron chi connectivity index (χ2n) is 4.74. The van der Waals surface area contributed by atoms with Crippen molar-refractivity contribution in [1.29, 1.82) is 0 Å². The van der Waals surface area contributed by atoms with Gasteiger partial charge in [0.25, 0.3) is 0 Å². The van der Waals surface area contributed by atoms with Crippen LogP contribution in [0.25, 0.3) is 0 Å². The van der Waals surface area contributed by atoms with Gasteiger partial charge in [-0.15, -0.1) is 0 Å². The number of amides is 2. The molecule has 2 N–H and O–H groups in total.